The number of rotatable bonds is 3. The number of hydrogen-bond acceptors (Lipinski definition) is 1. The first kappa shape index (κ1) is 24.4. The van der Waals surface area contributed by atoms with Crippen LogP contribution in [0.1, 0.15) is 0 Å². The highest BCUT2D eigenvalue weighted by Crippen LogP contribution is 2.41. The van der Waals surface area contributed by atoms with Crippen molar-refractivity contribution in [3.8, 4) is 22.5 Å². The summed E-state index contributed by atoms with van der Waals surface area (Å²) in [6.45, 7) is 0. The number of furan rings is 1. The zero-order valence-corrected chi connectivity index (χ0v) is 24.3. The van der Waals surface area contributed by atoms with Crippen molar-refractivity contribution in [1.29, 1.82) is 0 Å². The third-order valence-corrected chi connectivity index (χ3v) is 9.32. The van der Waals surface area contributed by atoms with E-state index in [0.717, 1.165) is 39.0 Å². The van der Waals surface area contributed by atoms with Gasteiger partial charge in [-0.15, -0.1) is 0 Å². The van der Waals surface area contributed by atoms with E-state index in [1.165, 1.54) is 49.1 Å². The second kappa shape index (κ2) is 9.22. The molecule has 10 aromatic rings. The summed E-state index contributed by atoms with van der Waals surface area (Å²) in [5, 5.41) is 8.46. The molecule has 10 rings (SSSR count). The van der Waals surface area contributed by atoms with E-state index in [2.05, 4.69) is 161 Å². The average molecular weight is 575 g/mol. The number of aromatic nitrogens is 2. The lowest BCUT2D eigenvalue weighted by Gasteiger charge is -2.11. The molecule has 0 saturated carbocycles. The van der Waals surface area contributed by atoms with Gasteiger partial charge in [0.25, 0.3) is 0 Å². The Balaban J connectivity index is 1.17. The molecule has 0 aliphatic rings. The van der Waals surface area contributed by atoms with Crippen LogP contribution >= 0.6 is 0 Å². The third-order valence-electron chi connectivity index (χ3n) is 9.32. The highest BCUT2D eigenvalue weighted by atomic mass is 16.3. The molecule has 0 atom stereocenters. The summed E-state index contributed by atoms with van der Waals surface area (Å²) in [6, 6.07) is 56.6. The SMILES string of the molecule is c1ccc2cc(-n3c4cc(-c5ccc(-n6c7ccccc7c7ccccc76)cc5)ccc4c4c5ccccc5oc43)ccc2c1. The summed E-state index contributed by atoms with van der Waals surface area (Å²) in [4.78, 5) is 0. The molecule has 0 N–H and O–H groups in total. The largest absolute Gasteiger partial charge is 0.439 e. The van der Waals surface area contributed by atoms with Crippen molar-refractivity contribution in [2.45, 2.75) is 0 Å². The first-order chi connectivity index (χ1) is 22.3. The fourth-order valence-electron chi connectivity index (χ4n) is 7.24. The highest BCUT2D eigenvalue weighted by molar-refractivity contribution is 6.20. The first-order valence-corrected chi connectivity index (χ1v) is 15.4. The van der Waals surface area contributed by atoms with Gasteiger partial charge in [-0.2, -0.15) is 0 Å². The smallest absolute Gasteiger partial charge is 0.213 e. The van der Waals surface area contributed by atoms with Gasteiger partial charge in [-0.05, 0) is 70.4 Å². The molecular formula is C42H26N2O. The zero-order chi connectivity index (χ0) is 29.5. The Labute approximate surface area is 258 Å². The Morgan fingerprint density at radius 2 is 1.00 bits per heavy atom. The van der Waals surface area contributed by atoms with Crippen molar-refractivity contribution < 1.29 is 4.42 Å². The van der Waals surface area contributed by atoms with E-state index < -0.39 is 0 Å². The number of fused-ring (bicyclic) bond motifs is 9. The molecule has 0 saturated heterocycles. The molecule has 45 heavy (non-hydrogen) atoms. The molecule has 0 aliphatic carbocycles. The monoisotopic (exact) mass is 574 g/mol. The van der Waals surface area contributed by atoms with Gasteiger partial charge in [0, 0.05) is 32.9 Å². The van der Waals surface area contributed by atoms with E-state index in [-0.39, 0.29) is 0 Å². The van der Waals surface area contributed by atoms with Crippen molar-refractivity contribution in [2.75, 3.05) is 0 Å². The summed E-state index contributed by atoms with van der Waals surface area (Å²) < 4.78 is 11.2. The summed E-state index contributed by atoms with van der Waals surface area (Å²) in [6.07, 6.45) is 0. The van der Waals surface area contributed by atoms with Gasteiger partial charge in [-0.3, -0.25) is 4.57 Å². The van der Waals surface area contributed by atoms with Gasteiger partial charge >= 0.3 is 0 Å². The van der Waals surface area contributed by atoms with E-state index in [4.69, 9.17) is 4.42 Å². The predicted molar refractivity (Wildman–Crippen MR) is 188 cm³/mol. The highest BCUT2D eigenvalue weighted by Gasteiger charge is 2.20. The van der Waals surface area contributed by atoms with Crippen LogP contribution in [0.5, 0.6) is 0 Å². The maximum Gasteiger partial charge on any atom is 0.213 e. The topological polar surface area (TPSA) is 23.0 Å². The number of benzene rings is 7. The van der Waals surface area contributed by atoms with E-state index in [9.17, 15) is 0 Å². The molecule has 3 aromatic heterocycles. The fraction of sp³-hybridized carbons (Fsp3) is 0. The van der Waals surface area contributed by atoms with Crippen LogP contribution in [0.25, 0.3) is 88.1 Å². The van der Waals surface area contributed by atoms with Crippen molar-refractivity contribution in [2.24, 2.45) is 0 Å². The third kappa shape index (κ3) is 3.52. The molecule has 3 heterocycles. The van der Waals surface area contributed by atoms with Gasteiger partial charge in [0.05, 0.1) is 21.9 Å². The van der Waals surface area contributed by atoms with Gasteiger partial charge in [-0.1, -0.05) is 109 Å². The minimum atomic E-state index is 0.875. The molecule has 0 radical (unpaired) electrons. The second-order valence-corrected chi connectivity index (χ2v) is 11.8. The van der Waals surface area contributed by atoms with E-state index in [1.54, 1.807) is 0 Å². The van der Waals surface area contributed by atoms with Crippen LogP contribution in [0.3, 0.4) is 0 Å². The van der Waals surface area contributed by atoms with Crippen molar-refractivity contribution in [3.63, 3.8) is 0 Å². The Bertz CT molecular complexity index is 2700. The lowest BCUT2D eigenvalue weighted by atomic mass is 10.0. The Morgan fingerprint density at radius 1 is 0.378 bits per heavy atom. The Kier molecular flexibility index (Phi) is 5.00. The molecule has 0 fully saturated rings. The molecule has 0 aliphatic heterocycles. The minimum Gasteiger partial charge on any atom is -0.439 e. The van der Waals surface area contributed by atoms with Gasteiger partial charge in [-0.25, -0.2) is 0 Å². The minimum absolute atomic E-state index is 0.875. The predicted octanol–water partition coefficient (Wildman–Crippen LogP) is 11.4. The number of para-hydroxylation sites is 3. The quantitative estimate of drug-likeness (QED) is 0.206. The molecule has 210 valence electrons. The van der Waals surface area contributed by atoms with Crippen LogP contribution < -0.4 is 0 Å². The van der Waals surface area contributed by atoms with Gasteiger partial charge < -0.3 is 8.98 Å². The molecule has 3 nitrogen and oxygen atoms in total. The van der Waals surface area contributed by atoms with Crippen molar-refractivity contribution in [3.05, 3.63) is 158 Å². The van der Waals surface area contributed by atoms with Crippen molar-refractivity contribution in [1.82, 2.24) is 9.13 Å². The van der Waals surface area contributed by atoms with E-state index >= 15 is 0 Å². The average Bonchev–Trinajstić information content (AvgIpc) is 3.75. The van der Waals surface area contributed by atoms with E-state index in [0.29, 0.717) is 0 Å². The first-order valence-electron chi connectivity index (χ1n) is 15.4. The Morgan fingerprint density at radius 3 is 1.78 bits per heavy atom. The maximum atomic E-state index is 6.57. The van der Waals surface area contributed by atoms with Crippen molar-refractivity contribution >= 4 is 65.6 Å². The molecular weight excluding hydrogens is 548 g/mol. The van der Waals surface area contributed by atoms with Gasteiger partial charge in [0.15, 0.2) is 0 Å². The second-order valence-electron chi connectivity index (χ2n) is 11.8. The van der Waals surface area contributed by atoms with Gasteiger partial charge in [0.2, 0.25) is 5.71 Å². The lowest BCUT2D eigenvalue weighted by Crippen LogP contribution is -1.94. The maximum absolute atomic E-state index is 6.57. The molecule has 0 unspecified atom stereocenters. The van der Waals surface area contributed by atoms with E-state index in [1.807, 2.05) is 6.07 Å². The molecule has 0 spiro atoms. The summed E-state index contributed by atoms with van der Waals surface area (Å²) >= 11 is 0. The van der Waals surface area contributed by atoms with Crippen LogP contribution in [0.4, 0.5) is 0 Å². The van der Waals surface area contributed by atoms with Crippen LogP contribution in [-0.2, 0) is 0 Å². The van der Waals surface area contributed by atoms with Crippen LogP contribution in [-0.4, -0.2) is 9.13 Å². The van der Waals surface area contributed by atoms with Gasteiger partial charge in [0.1, 0.15) is 5.58 Å². The molecule has 3 heteroatoms. The summed E-state index contributed by atoms with van der Waals surface area (Å²) in [7, 11) is 0. The fourth-order valence-corrected chi connectivity index (χ4v) is 7.24. The Hall–Kier alpha value is -6.06. The standard InChI is InChI=1S/C42H26N2O/c1-2-10-29-25-32(23-19-27(29)9-1)44-39-26-30(20-24-35(39)41-36-13-5-8-16-40(36)45-42(41)44)28-17-21-31(22-18-28)43-37-14-6-3-11-33(37)34-12-4-7-15-38(34)43/h1-26H. The van der Waals surface area contributed by atoms with Crippen LogP contribution in [0.2, 0.25) is 0 Å². The molecule has 0 bridgehead atoms. The molecule has 7 aromatic carbocycles. The van der Waals surface area contributed by atoms with Crippen LogP contribution in [0, 0.1) is 0 Å². The number of nitrogens with zero attached hydrogens (tertiary/aromatic N) is 2. The summed E-state index contributed by atoms with van der Waals surface area (Å²) in [5.41, 5.74) is 9.94. The zero-order valence-electron chi connectivity index (χ0n) is 24.3. The summed E-state index contributed by atoms with van der Waals surface area (Å²) in [5.74, 6) is 0. The normalized spacial score (nSPS) is 12.0. The van der Waals surface area contributed by atoms with Crippen LogP contribution in [0.15, 0.2) is 162 Å². The lowest BCUT2D eigenvalue weighted by molar-refractivity contribution is 0.645. The molecule has 0 amide bonds. The number of hydrogen-bond donors (Lipinski definition) is 0.